The van der Waals surface area contributed by atoms with Crippen LogP contribution >= 0.6 is 15.9 Å². The van der Waals surface area contributed by atoms with Gasteiger partial charge in [0.15, 0.2) is 5.92 Å². The molecule has 1 aliphatic heterocycles. The van der Waals surface area contributed by atoms with Crippen LogP contribution in [0.3, 0.4) is 0 Å². The van der Waals surface area contributed by atoms with Crippen LogP contribution in [0.5, 0.6) is 0 Å². The molecule has 0 fully saturated rings. The summed E-state index contributed by atoms with van der Waals surface area (Å²) in [6.07, 6.45) is 0. The smallest absolute Gasteiger partial charge is 0.243 e. The fourth-order valence-corrected chi connectivity index (χ4v) is 3.49. The Hall–Kier alpha value is -2.72. The summed E-state index contributed by atoms with van der Waals surface area (Å²) in [5.74, 6) is -0.739. The van der Waals surface area contributed by atoms with Gasteiger partial charge in [0.05, 0.1) is 4.47 Å². The number of rotatable bonds is 3. The zero-order valence-electron chi connectivity index (χ0n) is 13.3. The summed E-state index contributed by atoms with van der Waals surface area (Å²) in [6.45, 7) is 0. The molecular formula is C21H15BrNO2+. The second kappa shape index (κ2) is 6.65. The molecule has 0 amide bonds. The van der Waals surface area contributed by atoms with Gasteiger partial charge in [0.25, 0.3) is 11.4 Å². The maximum absolute atomic E-state index is 12.8. The van der Waals surface area contributed by atoms with Crippen molar-refractivity contribution in [1.82, 2.24) is 0 Å². The molecule has 0 aliphatic carbocycles. The molecule has 0 saturated carbocycles. The van der Waals surface area contributed by atoms with Gasteiger partial charge in [0.2, 0.25) is 0 Å². The Balaban J connectivity index is 1.97. The van der Waals surface area contributed by atoms with Gasteiger partial charge in [-0.05, 0) is 39.7 Å². The Kier molecular flexibility index (Phi) is 4.20. The number of hydrogen-bond donors (Lipinski definition) is 0. The Morgan fingerprint density at radius 3 is 2.08 bits per heavy atom. The predicted molar refractivity (Wildman–Crippen MR) is 99.9 cm³/mol. The number of halogens is 1. The van der Waals surface area contributed by atoms with E-state index in [1.807, 2.05) is 84.9 Å². The minimum absolute atomic E-state index is 0.277. The van der Waals surface area contributed by atoms with E-state index in [-0.39, 0.29) is 5.97 Å². The summed E-state index contributed by atoms with van der Waals surface area (Å²) in [7, 11) is 0. The van der Waals surface area contributed by atoms with Crippen molar-refractivity contribution in [1.29, 1.82) is 0 Å². The molecule has 0 N–H and O–H groups in total. The van der Waals surface area contributed by atoms with E-state index >= 15 is 0 Å². The lowest BCUT2D eigenvalue weighted by Crippen LogP contribution is -2.18. The minimum atomic E-state index is -0.462. The van der Waals surface area contributed by atoms with Gasteiger partial charge < -0.3 is 0 Å². The van der Waals surface area contributed by atoms with Crippen LogP contribution in [0.1, 0.15) is 17.0 Å². The van der Waals surface area contributed by atoms with Crippen molar-refractivity contribution < 1.29 is 14.4 Å². The van der Waals surface area contributed by atoms with Crippen molar-refractivity contribution in [2.75, 3.05) is 0 Å². The zero-order valence-corrected chi connectivity index (χ0v) is 14.9. The molecule has 25 heavy (non-hydrogen) atoms. The number of para-hydroxylation sites is 1. The maximum Gasteiger partial charge on any atom is 0.398 e. The van der Waals surface area contributed by atoms with Crippen molar-refractivity contribution in [3.63, 3.8) is 0 Å². The van der Waals surface area contributed by atoms with Crippen molar-refractivity contribution in [3.05, 3.63) is 101 Å². The van der Waals surface area contributed by atoms with E-state index in [1.165, 1.54) is 0 Å². The molecule has 0 spiro atoms. The van der Waals surface area contributed by atoms with Gasteiger partial charge >= 0.3 is 5.97 Å². The van der Waals surface area contributed by atoms with Crippen molar-refractivity contribution >= 4 is 33.3 Å². The molecule has 4 heteroatoms. The van der Waals surface area contributed by atoms with Crippen LogP contribution in [0, 0.1) is 0 Å². The summed E-state index contributed by atoms with van der Waals surface area (Å²) >= 11 is 3.56. The molecular weight excluding hydrogens is 378 g/mol. The summed E-state index contributed by atoms with van der Waals surface area (Å²) in [5.41, 5.74) is 3.50. The van der Waals surface area contributed by atoms with Crippen molar-refractivity contribution in [2.24, 2.45) is 0 Å². The van der Waals surface area contributed by atoms with Crippen LogP contribution in [0.25, 0.3) is 0 Å². The molecule has 4 rings (SSSR count). The number of benzene rings is 3. The highest BCUT2D eigenvalue weighted by Gasteiger charge is 2.47. The van der Waals surface area contributed by atoms with Crippen LogP contribution < -0.4 is 0 Å². The number of carbonyl (C=O) groups is 1. The van der Waals surface area contributed by atoms with E-state index in [0.717, 1.165) is 27.0 Å². The van der Waals surface area contributed by atoms with Crippen LogP contribution in [0.15, 0.2) is 89.4 Å². The third-order valence-electron chi connectivity index (χ3n) is 4.18. The third-order valence-corrected chi connectivity index (χ3v) is 4.85. The first kappa shape index (κ1) is 15.8. The van der Waals surface area contributed by atoms with Gasteiger partial charge in [-0.1, -0.05) is 60.7 Å². The minimum Gasteiger partial charge on any atom is -0.243 e. The first-order chi connectivity index (χ1) is 12.3. The lowest BCUT2D eigenvalue weighted by Gasteiger charge is -2.05. The average molecular weight is 393 g/mol. The molecule has 0 radical (unpaired) electrons. The first-order valence-electron chi connectivity index (χ1n) is 7.99. The Morgan fingerprint density at radius 2 is 1.40 bits per heavy atom. The Bertz CT molecular complexity index is 952. The van der Waals surface area contributed by atoms with E-state index in [9.17, 15) is 4.79 Å². The molecule has 122 valence electrons. The van der Waals surface area contributed by atoms with E-state index in [1.54, 1.807) is 4.74 Å². The van der Waals surface area contributed by atoms with Gasteiger partial charge in [-0.15, -0.1) is 0 Å². The molecule has 3 nitrogen and oxygen atoms in total. The highest BCUT2D eigenvalue weighted by Crippen LogP contribution is 2.34. The highest BCUT2D eigenvalue weighted by molar-refractivity contribution is 9.10. The van der Waals surface area contributed by atoms with Gasteiger partial charge in [-0.2, -0.15) is 4.84 Å². The largest absolute Gasteiger partial charge is 0.398 e. The van der Waals surface area contributed by atoms with Gasteiger partial charge in [-0.25, -0.2) is 4.79 Å². The summed E-state index contributed by atoms with van der Waals surface area (Å²) in [6, 6.07) is 27.3. The molecule has 1 heterocycles. The summed E-state index contributed by atoms with van der Waals surface area (Å²) in [5, 5.41) is 0. The number of hydrogen-bond acceptors (Lipinski definition) is 2. The molecule has 3 aromatic rings. The van der Waals surface area contributed by atoms with E-state index in [0.29, 0.717) is 0 Å². The SMILES string of the molecule is O=C1O[N+](c2ccccc2Br)=C(c2ccccc2)C1c1ccccc1. The monoisotopic (exact) mass is 392 g/mol. The van der Waals surface area contributed by atoms with E-state index < -0.39 is 5.92 Å². The Morgan fingerprint density at radius 1 is 0.800 bits per heavy atom. The van der Waals surface area contributed by atoms with E-state index in [2.05, 4.69) is 15.9 Å². The summed E-state index contributed by atoms with van der Waals surface area (Å²) in [4.78, 5) is 18.4. The highest BCUT2D eigenvalue weighted by atomic mass is 79.9. The molecule has 3 aromatic carbocycles. The Labute approximate surface area is 154 Å². The quantitative estimate of drug-likeness (QED) is 0.471. The lowest BCUT2D eigenvalue weighted by atomic mass is 9.90. The summed E-state index contributed by atoms with van der Waals surface area (Å²) < 4.78 is 2.50. The molecule has 0 saturated heterocycles. The predicted octanol–water partition coefficient (Wildman–Crippen LogP) is 4.84. The van der Waals surface area contributed by atoms with Crippen molar-refractivity contribution in [2.45, 2.75) is 5.92 Å². The van der Waals surface area contributed by atoms with Gasteiger partial charge in [0, 0.05) is 16.4 Å². The topological polar surface area (TPSA) is 29.3 Å². The van der Waals surface area contributed by atoms with Crippen LogP contribution in [-0.2, 0) is 9.63 Å². The molecule has 1 aliphatic rings. The lowest BCUT2D eigenvalue weighted by molar-refractivity contribution is -0.692. The van der Waals surface area contributed by atoms with Gasteiger partial charge in [0.1, 0.15) is 0 Å². The molecule has 0 aromatic heterocycles. The fraction of sp³-hybridized carbons (Fsp3) is 0.0476. The molecule has 0 bridgehead atoms. The zero-order chi connectivity index (χ0) is 17.2. The number of nitrogens with zero attached hydrogens (tertiary/aromatic N) is 1. The maximum atomic E-state index is 12.8. The first-order valence-corrected chi connectivity index (χ1v) is 8.78. The fourth-order valence-electron chi connectivity index (χ4n) is 3.05. The molecule has 1 unspecified atom stereocenters. The molecule has 1 atom stereocenters. The van der Waals surface area contributed by atoms with E-state index in [4.69, 9.17) is 4.84 Å². The number of carbonyl (C=O) groups excluding carboxylic acids is 1. The van der Waals surface area contributed by atoms with Crippen LogP contribution in [-0.4, -0.2) is 16.4 Å². The third kappa shape index (κ3) is 2.89. The standard InChI is InChI=1S/C21H15BrNO2/c22-17-13-7-8-14-18(17)23-20(16-11-5-2-6-12-16)19(21(24)25-23)15-9-3-1-4-10-15/h1-14,19H/q+1. The second-order valence-electron chi connectivity index (χ2n) is 5.75. The normalized spacial score (nSPS) is 16.8. The average Bonchev–Trinajstić information content (AvgIpc) is 3.00. The second-order valence-corrected chi connectivity index (χ2v) is 6.61. The van der Waals surface area contributed by atoms with Gasteiger partial charge in [-0.3, -0.25) is 0 Å². The van der Waals surface area contributed by atoms with Crippen molar-refractivity contribution in [3.8, 4) is 0 Å². The van der Waals surface area contributed by atoms with Crippen LogP contribution in [0.4, 0.5) is 5.69 Å². The van der Waals surface area contributed by atoms with Crippen LogP contribution in [0.2, 0.25) is 0 Å².